The van der Waals surface area contributed by atoms with Crippen LogP contribution in [0.2, 0.25) is 0 Å². The molecule has 5 heteroatoms. The molecule has 3 N–H and O–H groups in total. The van der Waals surface area contributed by atoms with Crippen LogP contribution in [-0.2, 0) is 0 Å². The van der Waals surface area contributed by atoms with Crippen molar-refractivity contribution in [2.75, 3.05) is 5.32 Å². The van der Waals surface area contributed by atoms with Gasteiger partial charge in [0.05, 0.1) is 12.4 Å². The molecule has 1 saturated carbocycles. The molecule has 14 heavy (non-hydrogen) atoms. The Morgan fingerprint density at radius 3 is 2.93 bits per heavy atom. The van der Waals surface area contributed by atoms with Gasteiger partial charge in [-0.2, -0.15) is 9.37 Å². The molecular formula is C9H13FN4. The fourth-order valence-electron chi connectivity index (χ4n) is 1.77. The number of hydrogen-bond donors (Lipinski definition) is 2. The Balaban J connectivity index is 2.03. The van der Waals surface area contributed by atoms with E-state index in [0.717, 1.165) is 25.5 Å². The molecule has 0 aliphatic heterocycles. The molecule has 1 heterocycles. The third kappa shape index (κ3) is 1.98. The van der Waals surface area contributed by atoms with Crippen molar-refractivity contribution < 1.29 is 4.39 Å². The third-order valence-corrected chi connectivity index (χ3v) is 2.51. The van der Waals surface area contributed by atoms with Crippen LogP contribution in [0.5, 0.6) is 0 Å². The van der Waals surface area contributed by atoms with E-state index >= 15 is 0 Å². The molecule has 0 aromatic carbocycles. The molecule has 0 spiro atoms. The topological polar surface area (TPSA) is 63.8 Å². The van der Waals surface area contributed by atoms with Crippen LogP contribution in [0, 0.1) is 5.95 Å². The molecule has 1 aromatic rings. The van der Waals surface area contributed by atoms with Crippen molar-refractivity contribution in [1.29, 1.82) is 0 Å². The van der Waals surface area contributed by atoms with Crippen LogP contribution < -0.4 is 11.1 Å². The number of anilines is 1. The zero-order chi connectivity index (χ0) is 9.97. The lowest BCUT2D eigenvalue weighted by Crippen LogP contribution is -2.35. The SMILES string of the molecule is NC1CCCC1Nc1cncc(F)n1. The Morgan fingerprint density at radius 2 is 2.29 bits per heavy atom. The summed E-state index contributed by atoms with van der Waals surface area (Å²) in [4.78, 5) is 7.39. The lowest BCUT2D eigenvalue weighted by molar-refractivity contribution is 0.573. The van der Waals surface area contributed by atoms with Gasteiger partial charge < -0.3 is 11.1 Å². The van der Waals surface area contributed by atoms with Crippen LogP contribution in [0.1, 0.15) is 19.3 Å². The minimum atomic E-state index is -0.568. The van der Waals surface area contributed by atoms with Gasteiger partial charge in [0.15, 0.2) is 0 Å². The summed E-state index contributed by atoms with van der Waals surface area (Å²) in [6, 6.07) is 0.339. The van der Waals surface area contributed by atoms with E-state index in [4.69, 9.17) is 5.73 Å². The van der Waals surface area contributed by atoms with Gasteiger partial charge in [-0.05, 0) is 19.3 Å². The van der Waals surface area contributed by atoms with Crippen molar-refractivity contribution in [2.24, 2.45) is 5.73 Å². The number of nitrogens with zero attached hydrogens (tertiary/aromatic N) is 2. The second-order valence-electron chi connectivity index (χ2n) is 3.57. The normalized spacial score (nSPS) is 26.4. The van der Waals surface area contributed by atoms with E-state index in [1.165, 1.54) is 6.20 Å². The average molecular weight is 196 g/mol. The maximum atomic E-state index is 12.7. The Morgan fingerprint density at radius 1 is 1.43 bits per heavy atom. The zero-order valence-electron chi connectivity index (χ0n) is 7.78. The van der Waals surface area contributed by atoms with Crippen LogP contribution in [0.25, 0.3) is 0 Å². The number of hydrogen-bond acceptors (Lipinski definition) is 4. The van der Waals surface area contributed by atoms with Gasteiger partial charge >= 0.3 is 0 Å². The molecule has 76 valence electrons. The minimum absolute atomic E-state index is 0.139. The molecule has 0 saturated heterocycles. The zero-order valence-corrected chi connectivity index (χ0v) is 7.78. The summed E-state index contributed by atoms with van der Waals surface area (Å²) in [7, 11) is 0. The van der Waals surface area contributed by atoms with Crippen molar-refractivity contribution in [3.8, 4) is 0 Å². The summed E-state index contributed by atoms with van der Waals surface area (Å²) in [6.45, 7) is 0. The van der Waals surface area contributed by atoms with Gasteiger partial charge in [0, 0.05) is 12.1 Å². The summed E-state index contributed by atoms with van der Waals surface area (Å²) >= 11 is 0. The molecule has 1 aliphatic carbocycles. The molecule has 2 atom stereocenters. The van der Waals surface area contributed by atoms with Gasteiger partial charge in [-0.3, -0.25) is 4.98 Å². The highest BCUT2D eigenvalue weighted by molar-refractivity contribution is 5.32. The summed E-state index contributed by atoms with van der Waals surface area (Å²) in [6.07, 6.45) is 5.73. The van der Waals surface area contributed by atoms with Gasteiger partial charge in [0.2, 0.25) is 5.95 Å². The molecule has 2 rings (SSSR count). The minimum Gasteiger partial charge on any atom is -0.364 e. The second-order valence-corrected chi connectivity index (χ2v) is 3.57. The van der Waals surface area contributed by atoms with Crippen LogP contribution in [0.15, 0.2) is 12.4 Å². The number of rotatable bonds is 2. The molecule has 0 amide bonds. The Bertz CT molecular complexity index is 317. The van der Waals surface area contributed by atoms with Crippen LogP contribution in [0.4, 0.5) is 10.2 Å². The quantitative estimate of drug-likeness (QED) is 0.737. The van der Waals surface area contributed by atoms with Crippen molar-refractivity contribution in [2.45, 2.75) is 31.3 Å². The van der Waals surface area contributed by atoms with E-state index in [9.17, 15) is 4.39 Å². The first-order chi connectivity index (χ1) is 6.75. The highest BCUT2D eigenvalue weighted by atomic mass is 19.1. The standard InChI is InChI=1S/C9H13FN4/c10-8-4-12-5-9(14-8)13-7-3-1-2-6(7)11/h4-7H,1-3,11H2,(H,13,14). The number of nitrogens with one attached hydrogen (secondary N) is 1. The fraction of sp³-hybridized carbons (Fsp3) is 0.556. The van der Waals surface area contributed by atoms with Crippen LogP contribution >= 0.6 is 0 Å². The first-order valence-electron chi connectivity index (χ1n) is 4.75. The van der Waals surface area contributed by atoms with Crippen LogP contribution in [0.3, 0.4) is 0 Å². The molecule has 2 unspecified atom stereocenters. The Hall–Kier alpha value is -1.23. The molecule has 0 bridgehead atoms. The molecule has 1 aromatic heterocycles. The Kier molecular flexibility index (Phi) is 2.58. The molecule has 0 radical (unpaired) electrons. The number of aromatic nitrogens is 2. The first-order valence-corrected chi connectivity index (χ1v) is 4.75. The highest BCUT2D eigenvalue weighted by Crippen LogP contribution is 2.20. The van der Waals surface area contributed by atoms with Gasteiger partial charge in [0.25, 0.3) is 0 Å². The average Bonchev–Trinajstić information content (AvgIpc) is 2.52. The molecular weight excluding hydrogens is 183 g/mol. The van der Waals surface area contributed by atoms with E-state index in [0.29, 0.717) is 5.82 Å². The highest BCUT2D eigenvalue weighted by Gasteiger charge is 2.23. The predicted octanol–water partition coefficient (Wildman–Crippen LogP) is 0.907. The summed E-state index contributed by atoms with van der Waals surface area (Å²) in [5, 5.41) is 3.09. The maximum absolute atomic E-state index is 12.7. The van der Waals surface area contributed by atoms with E-state index in [-0.39, 0.29) is 12.1 Å². The van der Waals surface area contributed by atoms with Gasteiger partial charge in [-0.25, -0.2) is 0 Å². The largest absolute Gasteiger partial charge is 0.364 e. The van der Waals surface area contributed by atoms with Gasteiger partial charge in [-0.1, -0.05) is 0 Å². The van der Waals surface area contributed by atoms with E-state index in [1.807, 2.05) is 0 Å². The summed E-state index contributed by atoms with van der Waals surface area (Å²) in [5.41, 5.74) is 5.86. The Labute approximate surface area is 81.7 Å². The van der Waals surface area contributed by atoms with E-state index in [2.05, 4.69) is 15.3 Å². The van der Waals surface area contributed by atoms with Crippen molar-refractivity contribution in [1.82, 2.24) is 9.97 Å². The lowest BCUT2D eigenvalue weighted by Gasteiger charge is -2.17. The van der Waals surface area contributed by atoms with E-state index in [1.54, 1.807) is 0 Å². The van der Waals surface area contributed by atoms with Crippen LogP contribution in [-0.4, -0.2) is 22.1 Å². The monoisotopic (exact) mass is 196 g/mol. The second kappa shape index (κ2) is 3.88. The van der Waals surface area contributed by atoms with Crippen molar-refractivity contribution >= 4 is 5.82 Å². The summed E-state index contributed by atoms with van der Waals surface area (Å²) < 4.78 is 12.7. The molecule has 1 aliphatic rings. The lowest BCUT2D eigenvalue weighted by atomic mass is 10.2. The van der Waals surface area contributed by atoms with Crippen molar-refractivity contribution in [3.05, 3.63) is 18.3 Å². The van der Waals surface area contributed by atoms with Crippen molar-refractivity contribution in [3.63, 3.8) is 0 Å². The summed E-state index contributed by atoms with van der Waals surface area (Å²) in [5.74, 6) is -0.103. The molecule has 1 fully saturated rings. The first kappa shape index (κ1) is 9.33. The smallest absolute Gasteiger partial charge is 0.233 e. The maximum Gasteiger partial charge on any atom is 0.233 e. The number of nitrogens with two attached hydrogens (primary N) is 1. The fourth-order valence-corrected chi connectivity index (χ4v) is 1.77. The third-order valence-electron chi connectivity index (χ3n) is 2.51. The molecule has 4 nitrogen and oxygen atoms in total. The van der Waals surface area contributed by atoms with Gasteiger partial charge in [0.1, 0.15) is 5.82 Å². The predicted molar refractivity (Wildman–Crippen MR) is 51.2 cm³/mol. The van der Waals surface area contributed by atoms with E-state index < -0.39 is 5.95 Å². The number of halogens is 1. The van der Waals surface area contributed by atoms with Gasteiger partial charge in [-0.15, -0.1) is 0 Å².